The van der Waals surface area contributed by atoms with Crippen LogP contribution in [0.3, 0.4) is 0 Å². The Morgan fingerprint density at radius 3 is 2.39 bits per heavy atom. The number of rotatable bonds is 4. The van der Waals surface area contributed by atoms with E-state index in [1.807, 2.05) is 19.1 Å². The maximum atomic E-state index is 12.0. The summed E-state index contributed by atoms with van der Waals surface area (Å²) in [6, 6.07) is 7.68. The number of carbonyl (C=O) groups is 2. The lowest BCUT2D eigenvalue weighted by atomic mass is 10.1. The number of piperazine rings is 1. The van der Waals surface area contributed by atoms with Gasteiger partial charge in [-0.1, -0.05) is 23.7 Å². The zero-order chi connectivity index (χ0) is 16.8. The summed E-state index contributed by atoms with van der Waals surface area (Å²) >= 11 is 5.90. The Labute approximate surface area is 141 Å². The van der Waals surface area contributed by atoms with Crippen molar-refractivity contribution in [3.05, 3.63) is 34.9 Å². The van der Waals surface area contributed by atoms with E-state index in [9.17, 15) is 9.59 Å². The Hall–Kier alpha value is -1.63. The van der Waals surface area contributed by atoms with Crippen LogP contribution in [-0.4, -0.2) is 51.3 Å². The summed E-state index contributed by atoms with van der Waals surface area (Å²) in [6.07, 6.45) is -0.701. The lowest BCUT2D eigenvalue weighted by Crippen LogP contribution is -3.29. The van der Waals surface area contributed by atoms with Gasteiger partial charge in [-0.05, 0) is 19.1 Å². The number of hydrogen-bond acceptors (Lipinski definition) is 3. The Morgan fingerprint density at radius 1 is 1.22 bits per heavy atom. The van der Waals surface area contributed by atoms with Crippen molar-refractivity contribution in [1.82, 2.24) is 5.32 Å². The molecule has 2 amide bonds. The Kier molecular flexibility index (Phi) is 6.38. The van der Waals surface area contributed by atoms with E-state index < -0.39 is 6.09 Å². The summed E-state index contributed by atoms with van der Waals surface area (Å²) in [4.78, 5) is 25.8. The molecule has 0 spiro atoms. The fourth-order valence-electron chi connectivity index (χ4n) is 2.87. The van der Waals surface area contributed by atoms with Gasteiger partial charge in [0, 0.05) is 10.6 Å². The number of nitrogens with one attached hydrogen (secondary N) is 3. The Bertz CT molecular complexity index is 542. The summed E-state index contributed by atoms with van der Waals surface area (Å²) < 4.78 is 4.46. The van der Waals surface area contributed by atoms with Crippen LogP contribution in [0.5, 0.6) is 0 Å². The van der Waals surface area contributed by atoms with Gasteiger partial charge in [-0.25, -0.2) is 4.79 Å². The van der Waals surface area contributed by atoms with Crippen molar-refractivity contribution >= 4 is 23.6 Å². The number of hydrogen-bond donors (Lipinski definition) is 3. The number of methoxy groups -OCH3 is 1. The van der Waals surface area contributed by atoms with Gasteiger partial charge in [-0.3, -0.25) is 10.1 Å². The van der Waals surface area contributed by atoms with Gasteiger partial charge < -0.3 is 14.5 Å². The normalized spacial score (nSPS) is 22.2. The van der Waals surface area contributed by atoms with Crippen molar-refractivity contribution in [3.8, 4) is 0 Å². The maximum absolute atomic E-state index is 12.0. The fraction of sp³-hybridized carbons (Fsp3) is 0.500. The molecule has 1 aromatic rings. The van der Waals surface area contributed by atoms with E-state index in [4.69, 9.17) is 11.6 Å². The van der Waals surface area contributed by atoms with Crippen molar-refractivity contribution in [1.29, 1.82) is 0 Å². The van der Waals surface area contributed by atoms with Crippen LogP contribution in [0.2, 0.25) is 5.02 Å². The number of imide groups is 1. The monoisotopic (exact) mass is 341 g/mol. The summed E-state index contributed by atoms with van der Waals surface area (Å²) in [5.74, 6) is -0.284. The number of alkyl carbamates (subject to hydrolysis) is 1. The lowest BCUT2D eigenvalue weighted by Gasteiger charge is -2.32. The third kappa shape index (κ3) is 5.20. The van der Waals surface area contributed by atoms with Crippen molar-refractivity contribution in [2.75, 3.05) is 33.3 Å². The first-order valence-electron chi connectivity index (χ1n) is 7.81. The summed E-state index contributed by atoms with van der Waals surface area (Å²) in [5.41, 5.74) is 1.27. The predicted molar refractivity (Wildman–Crippen MR) is 86.6 cm³/mol. The van der Waals surface area contributed by atoms with E-state index >= 15 is 0 Å². The van der Waals surface area contributed by atoms with Gasteiger partial charge in [0.1, 0.15) is 32.7 Å². The molecule has 0 radical (unpaired) electrons. The van der Waals surface area contributed by atoms with Crippen LogP contribution in [0.1, 0.15) is 12.5 Å². The second-order valence-electron chi connectivity index (χ2n) is 5.91. The topological polar surface area (TPSA) is 64.3 Å². The number of benzene rings is 1. The van der Waals surface area contributed by atoms with Gasteiger partial charge in [0.15, 0.2) is 6.04 Å². The number of carbonyl (C=O) groups excluding carboxylic acids is 2. The second kappa shape index (κ2) is 8.29. The molecule has 0 unspecified atom stereocenters. The van der Waals surface area contributed by atoms with Crippen LogP contribution in [0.4, 0.5) is 4.79 Å². The molecule has 1 atom stereocenters. The Balaban J connectivity index is 1.80. The minimum absolute atomic E-state index is 0.258. The van der Waals surface area contributed by atoms with Gasteiger partial charge >= 0.3 is 6.09 Å². The van der Waals surface area contributed by atoms with Gasteiger partial charge in [-0.2, -0.15) is 0 Å². The highest BCUT2D eigenvalue weighted by Crippen LogP contribution is 2.08. The van der Waals surface area contributed by atoms with Crippen LogP contribution in [0.25, 0.3) is 0 Å². The smallest absolute Gasteiger partial charge is 0.413 e. The molecular weight excluding hydrogens is 318 g/mol. The van der Waals surface area contributed by atoms with E-state index in [0.29, 0.717) is 0 Å². The number of halogens is 1. The molecule has 1 aliphatic heterocycles. The lowest BCUT2D eigenvalue weighted by molar-refractivity contribution is -1.02. The molecule has 2 rings (SSSR count). The molecule has 0 aliphatic carbocycles. The van der Waals surface area contributed by atoms with Gasteiger partial charge in [0.25, 0.3) is 5.91 Å². The summed E-state index contributed by atoms with van der Waals surface area (Å²) in [6.45, 7) is 6.60. The van der Waals surface area contributed by atoms with Crippen molar-refractivity contribution < 1.29 is 24.1 Å². The molecule has 1 aliphatic rings. The summed E-state index contributed by atoms with van der Waals surface area (Å²) in [7, 11) is 1.25. The van der Waals surface area contributed by atoms with Gasteiger partial charge in [0.2, 0.25) is 0 Å². The third-order valence-corrected chi connectivity index (χ3v) is 4.64. The van der Waals surface area contributed by atoms with Crippen LogP contribution < -0.4 is 15.1 Å². The minimum Gasteiger partial charge on any atom is -0.453 e. The molecule has 126 valence electrons. The SMILES string of the molecule is COC(=O)NC(=O)[C@H](C)[NH+]1CC[NH+](Cc2ccc(Cl)cc2)CC1. The predicted octanol–water partition coefficient (Wildman–Crippen LogP) is -1.11. The highest BCUT2D eigenvalue weighted by Gasteiger charge is 2.31. The first kappa shape index (κ1) is 17.7. The number of ether oxygens (including phenoxy) is 1. The van der Waals surface area contributed by atoms with E-state index in [0.717, 1.165) is 37.7 Å². The zero-order valence-electron chi connectivity index (χ0n) is 13.5. The third-order valence-electron chi connectivity index (χ3n) is 4.38. The first-order valence-corrected chi connectivity index (χ1v) is 8.18. The molecule has 6 nitrogen and oxygen atoms in total. The van der Waals surface area contributed by atoms with Crippen LogP contribution in [0.15, 0.2) is 24.3 Å². The van der Waals surface area contributed by atoms with E-state index in [2.05, 4.69) is 22.2 Å². The van der Waals surface area contributed by atoms with Crippen molar-refractivity contribution in [3.63, 3.8) is 0 Å². The average Bonchev–Trinajstić information content (AvgIpc) is 2.56. The van der Waals surface area contributed by atoms with Gasteiger partial charge in [-0.15, -0.1) is 0 Å². The zero-order valence-corrected chi connectivity index (χ0v) is 14.3. The quantitative estimate of drug-likeness (QED) is 0.651. The van der Waals surface area contributed by atoms with E-state index in [1.54, 1.807) is 0 Å². The second-order valence-corrected chi connectivity index (χ2v) is 6.35. The highest BCUT2D eigenvalue weighted by molar-refractivity contribution is 6.30. The average molecular weight is 342 g/mol. The molecule has 1 heterocycles. The molecule has 23 heavy (non-hydrogen) atoms. The van der Waals surface area contributed by atoms with Crippen LogP contribution in [-0.2, 0) is 16.1 Å². The highest BCUT2D eigenvalue weighted by atomic mass is 35.5. The van der Waals surface area contributed by atoms with E-state index in [1.165, 1.54) is 22.5 Å². The number of amides is 2. The summed E-state index contributed by atoms with van der Waals surface area (Å²) in [5, 5.41) is 3.00. The molecule has 3 N–H and O–H groups in total. The van der Waals surface area contributed by atoms with Crippen LogP contribution >= 0.6 is 11.6 Å². The van der Waals surface area contributed by atoms with Gasteiger partial charge in [0.05, 0.1) is 7.11 Å². The Morgan fingerprint density at radius 2 is 1.83 bits per heavy atom. The first-order chi connectivity index (χ1) is 11.0. The largest absolute Gasteiger partial charge is 0.453 e. The molecule has 0 aromatic heterocycles. The minimum atomic E-state index is -0.701. The van der Waals surface area contributed by atoms with E-state index in [-0.39, 0.29) is 11.9 Å². The standard InChI is InChI=1S/C16H22ClN3O3/c1-12(15(21)18-16(22)23-2)20-9-7-19(8-10-20)11-13-3-5-14(17)6-4-13/h3-6,12H,7-11H2,1-2H3,(H,18,21,22)/p+2/t12-/m0/s1. The molecule has 7 heteroatoms. The fourth-order valence-corrected chi connectivity index (χ4v) is 3.00. The molecular formula is C16H24ClN3O3+2. The van der Waals surface area contributed by atoms with Crippen molar-refractivity contribution in [2.24, 2.45) is 0 Å². The molecule has 0 bridgehead atoms. The molecule has 1 aromatic carbocycles. The molecule has 1 saturated heterocycles. The molecule has 1 fully saturated rings. The maximum Gasteiger partial charge on any atom is 0.413 e. The van der Waals surface area contributed by atoms with Crippen LogP contribution in [0, 0.1) is 0 Å². The van der Waals surface area contributed by atoms with Crippen molar-refractivity contribution in [2.45, 2.75) is 19.5 Å². The number of quaternary nitrogens is 2. The molecule has 0 saturated carbocycles.